The average Bonchev–Trinajstić information content (AvgIpc) is 2.58. The van der Waals surface area contributed by atoms with E-state index in [0.29, 0.717) is 5.92 Å². The van der Waals surface area contributed by atoms with Crippen LogP contribution in [0.15, 0.2) is 30.3 Å². The highest BCUT2D eigenvalue weighted by Gasteiger charge is 2.19. The smallest absolute Gasteiger partial charge is 0.252 e. The number of carbonyl (C=O) groups is 1. The Balaban J connectivity index is 1.80. The zero-order chi connectivity index (χ0) is 18.0. The number of anilines is 2. The van der Waals surface area contributed by atoms with Crippen molar-refractivity contribution in [3.05, 3.63) is 53.0 Å². The number of primary amides is 1. The van der Waals surface area contributed by atoms with E-state index in [1.807, 2.05) is 12.1 Å². The Bertz CT molecular complexity index is 776. The Kier molecular flexibility index (Phi) is 4.99. The number of pyridine rings is 1. The minimum atomic E-state index is -0.712. The number of hydrogen-bond donors (Lipinski definition) is 2. The largest absolute Gasteiger partial charge is 0.365 e. The molecule has 1 fully saturated rings. The van der Waals surface area contributed by atoms with Crippen molar-refractivity contribution in [3.63, 3.8) is 0 Å². The van der Waals surface area contributed by atoms with Crippen LogP contribution in [0.3, 0.4) is 0 Å². The second-order valence-electron chi connectivity index (χ2n) is 6.66. The molecule has 0 saturated carbocycles. The molecule has 3 N–H and O–H groups in total. The molecular formula is C19H23FN4O. The Morgan fingerprint density at radius 1 is 1.36 bits per heavy atom. The number of amides is 1. The molecule has 132 valence electrons. The number of carbonyl (C=O) groups excluding carboxylic acids is 1. The Morgan fingerprint density at radius 3 is 2.72 bits per heavy atom. The van der Waals surface area contributed by atoms with E-state index in [9.17, 15) is 9.18 Å². The molecule has 25 heavy (non-hydrogen) atoms. The highest BCUT2D eigenvalue weighted by Crippen LogP contribution is 2.28. The molecule has 1 aliphatic rings. The number of benzene rings is 1. The van der Waals surface area contributed by atoms with E-state index in [2.05, 4.69) is 34.4 Å². The van der Waals surface area contributed by atoms with E-state index in [0.717, 1.165) is 24.8 Å². The molecule has 2 aromatic rings. The molecule has 1 atom stereocenters. The fourth-order valence-corrected chi connectivity index (χ4v) is 3.28. The second-order valence-corrected chi connectivity index (χ2v) is 6.66. The average molecular weight is 342 g/mol. The molecule has 0 spiro atoms. The normalized spacial score (nSPS) is 18.1. The molecule has 3 rings (SSSR count). The number of piperidine rings is 1. The van der Waals surface area contributed by atoms with Crippen LogP contribution in [0.1, 0.15) is 40.4 Å². The number of aryl methyl sites for hydroxylation is 1. The van der Waals surface area contributed by atoms with Gasteiger partial charge in [-0.05, 0) is 63.0 Å². The van der Waals surface area contributed by atoms with E-state index in [1.54, 1.807) is 6.92 Å². The predicted octanol–water partition coefficient (Wildman–Crippen LogP) is 3.18. The third-order valence-corrected chi connectivity index (χ3v) is 4.69. The zero-order valence-corrected chi connectivity index (χ0v) is 14.6. The van der Waals surface area contributed by atoms with E-state index in [4.69, 9.17) is 5.73 Å². The van der Waals surface area contributed by atoms with Crippen LogP contribution in [0.25, 0.3) is 0 Å². The molecule has 1 unspecified atom stereocenters. The minimum absolute atomic E-state index is 0.0427. The number of nitrogens with one attached hydrogen (secondary N) is 1. The maximum Gasteiger partial charge on any atom is 0.252 e. The first-order valence-electron chi connectivity index (χ1n) is 8.46. The van der Waals surface area contributed by atoms with Crippen LogP contribution in [0.2, 0.25) is 0 Å². The Morgan fingerprint density at radius 2 is 2.08 bits per heavy atom. The van der Waals surface area contributed by atoms with Gasteiger partial charge in [-0.1, -0.05) is 12.1 Å². The lowest BCUT2D eigenvalue weighted by molar-refractivity contribution is 0.100. The molecule has 0 radical (unpaired) electrons. The van der Waals surface area contributed by atoms with Crippen molar-refractivity contribution >= 4 is 17.4 Å². The van der Waals surface area contributed by atoms with Crippen LogP contribution in [-0.4, -0.2) is 35.9 Å². The monoisotopic (exact) mass is 342 g/mol. The minimum Gasteiger partial charge on any atom is -0.365 e. The second kappa shape index (κ2) is 7.19. The highest BCUT2D eigenvalue weighted by molar-refractivity contribution is 5.98. The van der Waals surface area contributed by atoms with Gasteiger partial charge in [-0.3, -0.25) is 4.79 Å². The fourth-order valence-electron chi connectivity index (χ4n) is 3.28. The van der Waals surface area contributed by atoms with Gasteiger partial charge in [0.1, 0.15) is 11.6 Å². The van der Waals surface area contributed by atoms with Gasteiger partial charge in [0, 0.05) is 12.2 Å². The van der Waals surface area contributed by atoms with Crippen molar-refractivity contribution in [1.82, 2.24) is 9.88 Å². The van der Waals surface area contributed by atoms with Gasteiger partial charge < -0.3 is 16.0 Å². The molecular weight excluding hydrogens is 319 g/mol. The third kappa shape index (κ3) is 3.96. The van der Waals surface area contributed by atoms with Crippen molar-refractivity contribution in [2.45, 2.75) is 25.7 Å². The van der Waals surface area contributed by atoms with E-state index >= 15 is 0 Å². The van der Waals surface area contributed by atoms with Crippen LogP contribution in [0, 0.1) is 12.7 Å². The maximum atomic E-state index is 13.6. The summed E-state index contributed by atoms with van der Waals surface area (Å²) in [7, 11) is 2.15. The molecule has 1 aromatic carbocycles. The number of aromatic nitrogens is 1. The molecule has 1 aromatic heterocycles. The first-order chi connectivity index (χ1) is 11.9. The fraction of sp³-hybridized carbons (Fsp3) is 0.368. The number of likely N-dealkylation sites (tertiary alicyclic amines) is 1. The summed E-state index contributed by atoms with van der Waals surface area (Å²) < 4.78 is 13.6. The third-order valence-electron chi connectivity index (χ3n) is 4.69. The summed E-state index contributed by atoms with van der Waals surface area (Å²) in [6.45, 7) is 3.77. The summed E-state index contributed by atoms with van der Waals surface area (Å²) in [6.07, 6.45) is 2.41. The number of nitrogens with zero attached hydrogens (tertiary/aromatic N) is 2. The van der Waals surface area contributed by atoms with Gasteiger partial charge in [-0.15, -0.1) is 0 Å². The SMILES string of the molecule is Cc1nc(Nc2ccc(C3CCCN(C)C3)cc2)c(C(N)=O)cc1F. The lowest BCUT2D eigenvalue weighted by Crippen LogP contribution is -2.30. The first kappa shape index (κ1) is 17.4. The summed E-state index contributed by atoms with van der Waals surface area (Å²) in [5.41, 5.74) is 7.68. The van der Waals surface area contributed by atoms with Gasteiger partial charge in [0.25, 0.3) is 5.91 Å². The molecule has 1 saturated heterocycles. The van der Waals surface area contributed by atoms with Crippen molar-refractivity contribution in [3.8, 4) is 0 Å². The lowest BCUT2D eigenvalue weighted by atomic mass is 9.91. The standard InChI is InChI=1S/C19H23FN4O/c1-12-17(20)10-16(18(21)25)19(22-12)23-15-7-5-13(6-8-15)14-4-3-9-24(2)11-14/h5-8,10,14H,3-4,9,11H2,1-2H3,(H2,21,25)(H,22,23). The lowest BCUT2D eigenvalue weighted by Gasteiger charge is -2.30. The zero-order valence-electron chi connectivity index (χ0n) is 14.6. The Hall–Kier alpha value is -2.47. The van der Waals surface area contributed by atoms with Crippen LogP contribution in [0.4, 0.5) is 15.9 Å². The van der Waals surface area contributed by atoms with E-state index < -0.39 is 11.7 Å². The van der Waals surface area contributed by atoms with Crippen molar-refractivity contribution in [1.29, 1.82) is 0 Å². The molecule has 1 aliphatic heterocycles. The van der Waals surface area contributed by atoms with Gasteiger partial charge in [0.2, 0.25) is 0 Å². The molecule has 1 amide bonds. The summed E-state index contributed by atoms with van der Waals surface area (Å²) >= 11 is 0. The topological polar surface area (TPSA) is 71.2 Å². The number of likely N-dealkylation sites (N-methyl/N-ethyl adjacent to an activating group) is 1. The summed E-state index contributed by atoms with van der Waals surface area (Å²) in [5, 5.41) is 3.07. The van der Waals surface area contributed by atoms with Gasteiger partial charge in [0.05, 0.1) is 11.3 Å². The molecule has 6 heteroatoms. The summed E-state index contributed by atoms with van der Waals surface area (Å²) in [4.78, 5) is 18.0. The van der Waals surface area contributed by atoms with Crippen molar-refractivity contribution in [2.75, 3.05) is 25.5 Å². The van der Waals surface area contributed by atoms with Crippen LogP contribution in [-0.2, 0) is 0 Å². The molecule has 0 aliphatic carbocycles. The van der Waals surface area contributed by atoms with Crippen molar-refractivity contribution < 1.29 is 9.18 Å². The molecule has 2 heterocycles. The summed E-state index contributed by atoms with van der Waals surface area (Å²) in [5.74, 6) is -0.441. The predicted molar refractivity (Wildman–Crippen MR) is 96.6 cm³/mol. The van der Waals surface area contributed by atoms with Crippen LogP contribution < -0.4 is 11.1 Å². The summed E-state index contributed by atoms with van der Waals surface area (Å²) in [6, 6.07) is 9.21. The number of nitrogens with two attached hydrogens (primary N) is 1. The van der Waals surface area contributed by atoms with Gasteiger partial charge >= 0.3 is 0 Å². The van der Waals surface area contributed by atoms with Gasteiger partial charge in [0.15, 0.2) is 0 Å². The number of hydrogen-bond acceptors (Lipinski definition) is 4. The van der Waals surface area contributed by atoms with Gasteiger partial charge in [-0.25, -0.2) is 9.37 Å². The number of rotatable bonds is 4. The Labute approximate surface area is 147 Å². The quantitative estimate of drug-likeness (QED) is 0.895. The molecule has 5 nitrogen and oxygen atoms in total. The van der Waals surface area contributed by atoms with E-state index in [-0.39, 0.29) is 17.1 Å². The number of halogens is 1. The highest BCUT2D eigenvalue weighted by atomic mass is 19.1. The van der Waals surface area contributed by atoms with E-state index in [1.165, 1.54) is 18.4 Å². The van der Waals surface area contributed by atoms with Crippen LogP contribution in [0.5, 0.6) is 0 Å². The maximum absolute atomic E-state index is 13.6. The van der Waals surface area contributed by atoms with Crippen LogP contribution >= 0.6 is 0 Å². The molecule has 0 bridgehead atoms. The van der Waals surface area contributed by atoms with Gasteiger partial charge in [-0.2, -0.15) is 0 Å². The van der Waals surface area contributed by atoms with Crippen molar-refractivity contribution in [2.24, 2.45) is 5.73 Å². The first-order valence-corrected chi connectivity index (χ1v) is 8.46.